The highest BCUT2D eigenvalue weighted by atomic mass is 15.5. The molecule has 0 aromatic rings. The van der Waals surface area contributed by atoms with Gasteiger partial charge >= 0.3 is 0 Å². The molecule has 1 saturated carbocycles. The quantitative estimate of drug-likeness (QED) is 0.448. The van der Waals surface area contributed by atoms with Crippen LogP contribution < -0.4 is 0 Å². The van der Waals surface area contributed by atoms with Crippen LogP contribution in [0.2, 0.25) is 0 Å². The molecule has 0 spiro atoms. The molecule has 3 fully saturated rings. The lowest BCUT2D eigenvalue weighted by atomic mass is 10.2. The van der Waals surface area contributed by atoms with E-state index in [-0.39, 0.29) is 0 Å². The molecule has 2 aliphatic heterocycles. The number of hydrogen-bond acceptors (Lipinski definition) is 1. The van der Waals surface area contributed by atoms with E-state index in [2.05, 4.69) is 11.8 Å². The first kappa shape index (κ1) is 3.89. The topological polar surface area (TPSA) is 3.01 Å². The normalized spacial score (nSPS) is 73.9. The standard InChI is InChI=1S/C7H11N/c1-4-2-5(4)7-6-3-8(6)7/h4-7H,2-3H2,1H3. The third-order valence-corrected chi connectivity index (χ3v) is 2.99. The van der Waals surface area contributed by atoms with Gasteiger partial charge in [-0.2, -0.15) is 0 Å². The molecular weight excluding hydrogens is 98.1 g/mol. The highest BCUT2D eigenvalue weighted by Gasteiger charge is 2.68. The first-order valence-corrected chi connectivity index (χ1v) is 3.63. The van der Waals surface area contributed by atoms with E-state index in [9.17, 15) is 0 Å². The first-order valence-electron chi connectivity index (χ1n) is 3.63. The summed E-state index contributed by atoms with van der Waals surface area (Å²) in [5.74, 6) is 2.21. The van der Waals surface area contributed by atoms with E-state index in [4.69, 9.17) is 0 Å². The van der Waals surface area contributed by atoms with Gasteiger partial charge in [-0.15, -0.1) is 0 Å². The van der Waals surface area contributed by atoms with Crippen molar-refractivity contribution < 1.29 is 0 Å². The summed E-state index contributed by atoms with van der Waals surface area (Å²) in [7, 11) is 0. The second-order valence-corrected chi connectivity index (χ2v) is 3.63. The summed E-state index contributed by atoms with van der Waals surface area (Å²) in [4.78, 5) is 2.61. The summed E-state index contributed by atoms with van der Waals surface area (Å²) < 4.78 is 0. The van der Waals surface area contributed by atoms with Crippen molar-refractivity contribution in [2.75, 3.05) is 6.54 Å². The first-order chi connectivity index (χ1) is 3.88. The van der Waals surface area contributed by atoms with Gasteiger partial charge in [-0.1, -0.05) is 6.92 Å². The zero-order chi connectivity index (χ0) is 5.30. The predicted octanol–water partition coefficient (Wildman–Crippen LogP) is 0.709. The van der Waals surface area contributed by atoms with Gasteiger partial charge in [0.05, 0.1) is 0 Å². The SMILES string of the molecule is CC1CC1C1C2CN21. The van der Waals surface area contributed by atoms with Crippen LogP contribution in [0.1, 0.15) is 13.3 Å². The maximum Gasteiger partial charge on any atom is 0.0386 e. The summed E-state index contributed by atoms with van der Waals surface area (Å²) in [5, 5.41) is 0. The number of nitrogens with zero attached hydrogens (tertiary/aromatic N) is 1. The average molecular weight is 109 g/mol. The fourth-order valence-corrected chi connectivity index (χ4v) is 1.97. The predicted molar refractivity (Wildman–Crippen MR) is 31.6 cm³/mol. The average Bonchev–Trinajstić information content (AvgIpc) is 2.28. The van der Waals surface area contributed by atoms with E-state index >= 15 is 0 Å². The molecule has 1 heteroatoms. The Morgan fingerprint density at radius 1 is 1.50 bits per heavy atom. The van der Waals surface area contributed by atoms with Crippen LogP contribution in [0.15, 0.2) is 0 Å². The minimum atomic E-state index is 1.08. The van der Waals surface area contributed by atoms with E-state index in [0.29, 0.717) is 0 Å². The second kappa shape index (κ2) is 0.860. The Kier molecular flexibility index (Phi) is 0.418. The van der Waals surface area contributed by atoms with Gasteiger partial charge in [0, 0.05) is 18.6 Å². The van der Waals surface area contributed by atoms with E-state index in [1.807, 2.05) is 0 Å². The highest BCUT2D eigenvalue weighted by molar-refractivity contribution is 5.23. The van der Waals surface area contributed by atoms with Crippen LogP contribution in [0.4, 0.5) is 0 Å². The van der Waals surface area contributed by atoms with Crippen molar-refractivity contribution in [2.45, 2.75) is 25.4 Å². The molecule has 5 unspecified atom stereocenters. The number of rotatable bonds is 1. The van der Waals surface area contributed by atoms with Gasteiger partial charge in [0.15, 0.2) is 0 Å². The van der Waals surface area contributed by atoms with Crippen molar-refractivity contribution in [1.82, 2.24) is 4.90 Å². The summed E-state index contributed by atoms with van der Waals surface area (Å²) in [6.07, 6.45) is 1.53. The third kappa shape index (κ3) is 0.304. The lowest BCUT2D eigenvalue weighted by Gasteiger charge is -1.96. The van der Waals surface area contributed by atoms with E-state index in [1.165, 1.54) is 13.0 Å². The fraction of sp³-hybridized carbons (Fsp3) is 1.00. The van der Waals surface area contributed by atoms with Gasteiger partial charge in [0.2, 0.25) is 0 Å². The lowest BCUT2D eigenvalue weighted by Crippen LogP contribution is -2.08. The van der Waals surface area contributed by atoms with E-state index < -0.39 is 0 Å². The smallest absolute Gasteiger partial charge is 0.0386 e. The van der Waals surface area contributed by atoms with E-state index in [1.54, 1.807) is 0 Å². The van der Waals surface area contributed by atoms with Crippen LogP contribution in [0.25, 0.3) is 0 Å². The van der Waals surface area contributed by atoms with Crippen molar-refractivity contribution in [2.24, 2.45) is 11.8 Å². The molecular formula is C7H11N. The van der Waals surface area contributed by atoms with Crippen LogP contribution in [-0.2, 0) is 0 Å². The Morgan fingerprint density at radius 2 is 2.12 bits per heavy atom. The molecule has 44 valence electrons. The van der Waals surface area contributed by atoms with Gasteiger partial charge in [-0.25, -0.2) is 0 Å². The number of fused-ring (bicyclic) bond motifs is 1. The highest BCUT2D eigenvalue weighted by Crippen LogP contribution is 2.58. The molecule has 0 N–H and O–H groups in total. The second-order valence-electron chi connectivity index (χ2n) is 3.63. The third-order valence-electron chi connectivity index (χ3n) is 2.99. The zero-order valence-corrected chi connectivity index (χ0v) is 5.17. The molecule has 2 saturated heterocycles. The Hall–Kier alpha value is -0.0400. The van der Waals surface area contributed by atoms with Gasteiger partial charge in [-0.05, 0) is 18.3 Å². The van der Waals surface area contributed by atoms with Gasteiger partial charge < -0.3 is 0 Å². The molecule has 0 bridgehead atoms. The van der Waals surface area contributed by atoms with Crippen LogP contribution in [-0.4, -0.2) is 23.5 Å². The van der Waals surface area contributed by atoms with Crippen LogP contribution in [0, 0.1) is 11.8 Å². The molecule has 0 amide bonds. The Balaban J connectivity index is 1.71. The molecule has 1 aliphatic carbocycles. The molecule has 0 aromatic heterocycles. The molecule has 3 aliphatic rings. The van der Waals surface area contributed by atoms with Crippen molar-refractivity contribution in [3.63, 3.8) is 0 Å². The van der Waals surface area contributed by atoms with Gasteiger partial charge in [0.1, 0.15) is 0 Å². The maximum atomic E-state index is 2.61. The number of hydrogen-bond donors (Lipinski definition) is 0. The maximum absolute atomic E-state index is 2.61. The molecule has 0 radical (unpaired) electrons. The lowest BCUT2D eigenvalue weighted by molar-refractivity contribution is 0.546. The molecule has 8 heavy (non-hydrogen) atoms. The van der Waals surface area contributed by atoms with Gasteiger partial charge in [0.25, 0.3) is 0 Å². The molecule has 1 nitrogen and oxygen atoms in total. The van der Waals surface area contributed by atoms with Crippen molar-refractivity contribution in [3.05, 3.63) is 0 Å². The van der Waals surface area contributed by atoms with Crippen molar-refractivity contribution in [3.8, 4) is 0 Å². The largest absolute Gasteiger partial charge is 0.291 e. The van der Waals surface area contributed by atoms with Crippen molar-refractivity contribution >= 4 is 0 Å². The fourth-order valence-electron chi connectivity index (χ4n) is 1.97. The van der Waals surface area contributed by atoms with E-state index in [0.717, 1.165) is 23.9 Å². The summed E-state index contributed by atoms with van der Waals surface area (Å²) in [5.41, 5.74) is 0. The minimum Gasteiger partial charge on any atom is -0.291 e. The Labute approximate surface area is 49.7 Å². The summed E-state index contributed by atoms with van der Waals surface area (Å²) in [6, 6.07) is 2.18. The van der Waals surface area contributed by atoms with Crippen molar-refractivity contribution in [1.29, 1.82) is 0 Å². The molecule has 0 aromatic carbocycles. The molecule has 3 rings (SSSR count). The van der Waals surface area contributed by atoms with Crippen LogP contribution in [0.5, 0.6) is 0 Å². The summed E-state index contributed by atoms with van der Waals surface area (Å²) in [6.45, 7) is 3.82. The summed E-state index contributed by atoms with van der Waals surface area (Å²) >= 11 is 0. The zero-order valence-electron chi connectivity index (χ0n) is 5.17. The Bertz CT molecular complexity index is 133. The Morgan fingerprint density at radius 3 is 2.25 bits per heavy atom. The van der Waals surface area contributed by atoms with Gasteiger partial charge in [-0.3, -0.25) is 4.90 Å². The van der Waals surface area contributed by atoms with Crippen LogP contribution >= 0.6 is 0 Å². The molecule has 5 atom stereocenters. The monoisotopic (exact) mass is 109 g/mol. The minimum absolute atomic E-state index is 1.08. The molecule has 2 heterocycles. The van der Waals surface area contributed by atoms with Crippen LogP contribution in [0.3, 0.4) is 0 Å².